The summed E-state index contributed by atoms with van der Waals surface area (Å²) in [6.07, 6.45) is 0. The second-order valence-corrected chi connectivity index (χ2v) is 6.49. The minimum Gasteiger partial charge on any atom is -0.434 e. The predicted molar refractivity (Wildman–Crippen MR) is 110 cm³/mol. The van der Waals surface area contributed by atoms with Crippen molar-refractivity contribution in [1.82, 2.24) is 16.0 Å². The van der Waals surface area contributed by atoms with Crippen LogP contribution in [-0.2, 0) is 6.54 Å². The van der Waals surface area contributed by atoms with E-state index in [0.29, 0.717) is 35.2 Å². The number of hydrogen-bond acceptors (Lipinski definition) is 3. The van der Waals surface area contributed by atoms with Crippen LogP contribution in [0.5, 0.6) is 5.75 Å². The number of halogens is 3. The first-order valence-electron chi connectivity index (χ1n) is 8.92. The van der Waals surface area contributed by atoms with Gasteiger partial charge in [-0.05, 0) is 25.1 Å². The van der Waals surface area contributed by atoms with E-state index >= 15 is 0 Å². The lowest BCUT2D eigenvalue weighted by Gasteiger charge is -2.15. The SMILES string of the molecule is CN=C(NCCNC(=O)c1ccccc1Cl)NCc1cc(C)ccc1OC(F)F. The van der Waals surface area contributed by atoms with Crippen molar-refractivity contribution in [2.75, 3.05) is 20.1 Å². The average Bonchev–Trinajstić information content (AvgIpc) is 2.69. The van der Waals surface area contributed by atoms with Crippen molar-refractivity contribution >= 4 is 23.5 Å². The standard InChI is InChI=1S/C20H23ClF2N4O2/c1-13-7-8-17(29-19(22)23)14(11-13)12-27-20(24-2)26-10-9-25-18(28)15-5-3-4-6-16(15)21/h3-8,11,19H,9-10,12H2,1-2H3,(H,25,28)(H2,24,26,27). The van der Waals surface area contributed by atoms with Crippen LogP contribution in [0.1, 0.15) is 21.5 Å². The average molecular weight is 425 g/mol. The number of nitrogens with one attached hydrogen (secondary N) is 3. The van der Waals surface area contributed by atoms with E-state index in [4.69, 9.17) is 11.6 Å². The summed E-state index contributed by atoms with van der Waals surface area (Å²) >= 11 is 6.00. The molecule has 0 radical (unpaired) electrons. The summed E-state index contributed by atoms with van der Waals surface area (Å²) in [5.74, 6) is 0.302. The molecule has 0 fully saturated rings. The third kappa shape index (κ3) is 7.23. The highest BCUT2D eigenvalue weighted by Crippen LogP contribution is 2.22. The Kier molecular flexibility index (Phi) is 8.67. The molecular weight excluding hydrogens is 402 g/mol. The highest BCUT2D eigenvalue weighted by atomic mass is 35.5. The topological polar surface area (TPSA) is 74.8 Å². The summed E-state index contributed by atoms with van der Waals surface area (Å²) in [5, 5.41) is 9.22. The maximum atomic E-state index is 12.6. The van der Waals surface area contributed by atoms with E-state index in [1.807, 2.05) is 6.92 Å². The third-order valence-corrected chi connectivity index (χ3v) is 4.25. The molecule has 1 amide bonds. The second-order valence-electron chi connectivity index (χ2n) is 6.08. The largest absolute Gasteiger partial charge is 0.434 e. The van der Waals surface area contributed by atoms with Gasteiger partial charge in [0.05, 0.1) is 10.6 Å². The highest BCUT2D eigenvalue weighted by molar-refractivity contribution is 6.33. The van der Waals surface area contributed by atoms with E-state index < -0.39 is 6.61 Å². The van der Waals surface area contributed by atoms with Gasteiger partial charge in [-0.25, -0.2) is 0 Å². The van der Waals surface area contributed by atoms with Gasteiger partial charge in [-0.15, -0.1) is 0 Å². The smallest absolute Gasteiger partial charge is 0.387 e. The fraction of sp³-hybridized carbons (Fsp3) is 0.300. The molecule has 2 rings (SSSR count). The summed E-state index contributed by atoms with van der Waals surface area (Å²) in [6, 6.07) is 11.8. The molecule has 2 aromatic rings. The fourth-order valence-corrected chi connectivity index (χ4v) is 2.78. The molecule has 0 aromatic heterocycles. The van der Waals surface area contributed by atoms with E-state index in [1.165, 1.54) is 6.07 Å². The number of benzene rings is 2. The normalized spacial score (nSPS) is 11.3. The van der Waals surface area contributed by atoms with E-state index in [-0.39, 0.29) is 18.2 Å². The molecule has 0 bridgehead atoms. The monoisotopic (exact) mass is 424 g/mol. The molecule has 3 N–H and O–H groups in total. The van der Waals surface area contributed by atoms with Gasteiger partial charge in [-0.2, -0.15) is 8.78 Å². The molecule has 0 aliphatic rings. The second kappa shape index (κ2) is 11.2. The van der Waals surface area contributed by atoms with Gasteiger partial charge in [0.2, 0.25) is 0 Å². The molecule has 0 aliphatic carbocycles. The number of guanidine groups is 1. The maximum absolute atomic E-state index is 12.6. The van der Waals surface area contributed by atoms with Crippen molar-refractivity contribution in [2.24, 2.45) is 4.99 Å². The summed E-state index contributed by atoms with van der Waals surface area (Å²) in [6.45, 7) is -0.0330. The zero-order chi connectivity index (χ0) is 21.2. The van der Waals surface area contributed by atoms with Crippen molar-refractivity contribution < 1.29 is 18.3 Å². The lowest BCUT2D eigenvalue weighted by atomic mass is 10.1. The van der Waals surface area contributed by atoms with Crippen LogP contribution in [0, 0.1) is 6.92 Å². The molecule has 156 valence electrons. The number of carbonyl (C=O) groups excluding carboxylic acids is 1. The van der Waals surface area contributed by atoms with Crippen LogP contribution in [0.25, 0.3) is 0 Å². The number of aliphatic imine (C=N–C) groups is 1. The van der Waals surface area contributed by atoms with E-state index in [0.717, 1.165) is 5.56 Å². The Hall–Kier alpha value is -2.87. The molecule has 2 aromatic carbocycles. The first-order chi connectivity index (χ1) is 13.9. The van der Waals surface area contributed by atoms with Crippen LogP contribution in [-0.4, -0.2) is 38.6 Å². The van der Waals surface area contributed by atoms with Crippen molar-refractivity contribution in [3.63, 3.8) is 0 Å². The van der Waals surface area contributed by atoms with Gasteiger partial charge in [-0.3, -0.25) is 9.79 Å². The number of alkyl halides is 2. The zero-order valence-electron chi connectivity index (χ0n) is 16.1. The Morgan fingerprint density at radius 1 is 1.14 bits per heavy atom. The van der Waals surface area contributed by atoms with Crippen molar-refractivity contribution in [3.05, 3.63) is 64.2 Å². The number of nitrogens with zero attached hydrogens (tertiary/aromatic N) is 1. The highest BCUT2D eigenvalue weighted by Gasteiger charge is 2.11. The molecule has 0 atom stereocenters. The zero-order valence-corrected chi connectivity index (χ0v) is 16.9. The summed E-state index contributed by atoms with van der Waals surface area (Å²) in [5.41, 5.74) is 1.91. The van der Waals surface area contributed by atoms with Gasteiger partial charge in [0.1, 0.15) is 5.75 Å². The maximum Gasteiger partial charge on any atom is 0.387 e. The summed E-state index contributed by atoms with van der Waals surface area (Å²) in [4.78, 5) is 16.2. The molecular formula is C20H23ClF2N4O2. The van der Waals surface area contributed by atoms with Crippen molar-refractivity contribution in [3.8, 4) is 5.75 Å². The number of aryl methyl sites for hydroxylation is 1. The Bertz CT molecular complexity index is 862. The molecule has 0 unspecified atom stereocenters. The number of amides is 1. The van der Waals surface area contributed by atoms with Crippen molar-refractivity contribution in [1.29, 1.82) is 0 Å². The lowest BCUT2D eigenvalue weighted by Crippen LogP contribution is -2.41. The Morgan fingerprint density at radius 2 is 1.86 bits per heavy atom. The minimum atomic E-state index is -2.89. The Morgan fingerprint density at radius 3 is 2.55 bits per heavy atom. The van der Waals surface area contributed by atoms with Gasteiger partial charge in [0.15, 0.2) is 5.96 Å². The third-order valence-electron chi connectivity index (χ3n) is 3.92. The predicted octanol–water partition coefficient (Wildman–Crippen LogP) is 3.34. The van der Waals surface area contributed by atoms with Gasteiger partial charge in [0.25, 0.3) is 5.91 Å². The molecule has 29 heavy (non-hydrogen) atoms. The van der Waals surface area contributed by atoms with Gasteiger partial charge >= 0.3 is 6.61 Å². The first-order valence-corrected chi connectivity index (χ1v) is 9.30. The molecule has 6 nitrogen and oxygen atoms in total. The number of rotatable bonds is 8. The van der Waals surface area contributed by atoms with E-state index in [9.17, 15) is 13.6 Å². The lowest BCUT2D eigenvalue weighted by molar-refractivity contribution is -0.0504. The van der Waals surface area contributed by atoms with Gasteiger partial charge < -0.3 is 20.7 Å². The Labute approximate surface area is 173 Å². The minimum absolute atomic E-state index is 0.112. The van der Waals surface area contributed by atoms with Crippen LogP contribution in [0.2, 0.25) is 5.02 Å². The fourth-order valence-electron chi connectivity index (χ4n) is 2.55. The summed E-state index contributed by atoms with van der Waals surface area (Å²) in [7, 11) is 1.59. The van der Waals surface area contributed by atoms with E-state index in [2.05, 4.69) is 25.7 Å². The Balaban J connectivity index is 1.82. The molecule has 0 heterocycles. The molecule has 0 spiro atoms. The van der Waals surface area contributed by atoms with Crippen LogP contribution in [0.3, 0.4) is 0 Å². The van der Waals surface area contributed by atoms with Gasteiger partial charge in [0, 0.05) is 32.2 Å². The van der Waals surface area contributed by atoms with E-state index in [1.54, 1.807) is 43.4 Å². The van der Waals surface area contributed by atoms with Crippen LogP contribution < -0.4 is 20.7 Å². The van der Waals surface area contributed by atoms with Gasteiger partial charge in [-0.1, -0.05) is 41.4 Å². The molecule has 0 saturated heterocycles. The first kappa shape index (κ1) is 22.4. The van der Waals surface area contributed by atoms with Crippen LogP contribution in [0.4, 0.5) is 8.78 Å². The van der Waals surface area contributed by atoms with Crippen LogP contribution in [0.15, 0.2) is 47.5 Å². The molecule has 0 saturated carbocycles. The number of hydrogen-bond donors (Lipinski definition) is 3. The molecule has 0 aliphatic heterocycles. The van der Waals surface area contributed by atoms with Crippen molar-refractivity contribution in [2.45, 2.75) is 20.1 Å². The van der Waals surface area contributed by atoms with Crippen LogP contribution >= 0.6 is 11.6 Å². The quantitative estimate of drug-likeness (QED) is 0.345. The number of carbonyl (C=O) groups is 1. The number of ether oxygens (including phenoxy) is 1. The molecule has 9 heteroatoms. The summed E-state index contributed by atoms with van der Waals surface area (Å²) < 4.78 is 29.7.